The molecule has 2 amide bonds. The number of amides is 2. The molecule has 6 nitrogen and oxygen atoms in total. The van der Waals surface area contributed by atoms with Crippen molar-refractivity contribution in [3.05, 3.63) is 57.2 Å². The summed E-state index contributed by atoms with van der Waals surface area (Å²) in [6, 6.07) is 8.49. The lowest BCUT2D eigenvalue weighted by atomic mass is 10.3. The number of benzene rings is 2. The number of nitrogens with zero attached hydrogens (tertiary/aromatic N) is 1. The monoisotopic (exact) mass is 379 g/mol. The standard InChI is InChI=1S/C15H11BrFN3O3/c1-20-12-5-3-9(7-13(12)23-15(20)22)18-14(21)19-11-4-2-8(16)6-10(11)17/h2-7H,1H3,(H2,18,19,21). The zero-order valence-corrected chi connectivity index (χ0v) is 13.5. The van der Waals surface area contributed by atoms with Crippen LogP contribution >= 0.6 is 15.9 Å². The fraction of sp³-hybridized carbons (Fsp3) is 0.0667. The van der Waals surface area contributed by atoms with Crippen molar-refractivity contribution in [2.75, 3.05) is 10.6 Å². The van der Waals surface area contributed by atoms with E-state index in [-0.39, 0.29) is 5.69 Å². The Kier molecular flexibility index (Phi) is 3.91. The molecule has 3 rings (SSSR count). The fourth-order valence-electron chi connectivity index (χ4n) is 2.09. The number of anilines is 2. The summed E-state index contributed by atoms with van der Waals surface area (Å²) in [4.78, 5) is 23.4. The van der Waals surface area contributed by atoms with Crippen LogP contribution in [-0.4, -0.2) is 10.6 Å². The van der Waals surface area contributed by atoms with Gasteiger partial charge in [-0.2, -0.15) is 0 Å². The summed E-state index contributed by atoms with van der Waals surface area (Å²) < 4.78 is 20.7. The van der Waals surface area contributed by atoms with Gasteiger partial charge in [0.2, 0.25) is 0 Å². The molecular weight excluding hydrogens is 369 g/mol. The van der Waals surface area contributed by atoms with Gasteiger partial charge in [0.1, 0.15) is 5.82 Å². The van der Waals surface area contributed by atoms with E-state index in [1.807, 2.05) is 0 Å². The molecule has 1 aromatic heterocycles. The van der Waals surface area contributed by atoms with Gasteiger partial charge in [0.25, 0.3) is 0 Å². The van der Waals surface area contributed by atoms with Crippen LogP contribution in [-0.2, 0) is 7.05 Å². The molecule has 1 heterocycles. The van der Waals surface area contributed by atoms with Gasteiger partial charge >= 0.3 is 11.8 Å². The molecule has 2 N–H and O–H groups in total. The molecule has 0 aliphatic rings. The number of fused-ring (bicyclic) bond motifs is 1. The largest absolute Gasteiger partial charge is 0.419 e. The molecule has 0 unspecified atom stereocenters. The third-order valence-electron chi connectivity index (χ3n) is 3.23. The maximum absolute atomic E-state index is 13.7. The lowest BCUT2D eigenvalue weighted by molar-refractivity contribution is 0.262. The van der Waals surface area contributed by atoms with Gasteiger partial charge in [-0.3, -0.25) is 4.57 Å². The number of hydrogen-bond donors (Lipinski definition) is 2. The SMILES string of the molecule is Cn1c(=O)oc2cc(NC(=O)Nc3ccc(Br)cc3F)ccc21. The first-order valence-corrected chi connectivity index (χ1v) is 7.36. The quantitative estimate of drug-likeness (QED) is 0.712. The Morgan fingerprint density at radius 2 is 2.00 bits per heavy atom. The number of halogens is 2. The molecule has 118 valence electrons. The molecule has 0 radical (unpaired) electrons. The highest BCUT2D eigenvalue weighted by Gasteiger charge is 2.10. The summed E-state index contributed by atoms with van der Waals surface area (Å²) in [5.41, 5.74) is 1.44. The molecule has 0 atom stereocenters. The number of carbonyl (C=O) groups excluding carboxylic acids is 1. The van der Waals surface area contributed by atoms with Crippen LogP contribution in [0.1, 0.15) is 0 Å². The Morgan fingerprint density at radius 1 is 1.22 bits per heavy atom. The van der Waals surface area contributed by atoms with Crippen LogP contribution in [0.15, 0.2) is 50.1 Å². The minimum atomic E-state index is -0.608. The molecule has 0 aliphatic heterocycles. The predicted molar refractivity (Wildman–Crippen MR) is 88.2 cm³/mol. The van der Waals surface area contributed by atoms with Crippen molar-refractivity contribution in [2.24, 2.45) is 7.05 Å². The average molecular weight is 380 g/mol. The van der Waals surface area contributed by atoms with E-state index in [0.29, 0.717) is 21.3 Å². The number of rotatable bonds is 2. The number of aromatic nitrogens is 1. The van der Waals surface area contributed by atoms with Crippen molar-refractivity contribution < 1.29 is 13.6 Å². The van der Waals surface area contributed by atoms with E-state index in [1.54, 1.807) is 25.2 Å². The Balaban J connectivity index is 1.78. The fourth-order valence-corrected chi connectivity index (χ4v) is 2.42. The molecule has 0 saturated carbocycles. The Morgan fingerprint density at radius 3 is 2.74 bits per heavy atom. The maximum atomic E-state index is 13.7. The van der Waals surface area contributed by atoms with Gasteiger partial charge in [0.15, 0.2) is 5.58 Å². The second-order valence-electron chi connectivity index (χ2n) is 4.81. The van der Waals surface area contributed by atoms with Gasteiger partial charge < -0.3 is 15.1 Å². The molecule has 23 heavy (non-hydrogen) atoms. The van der Waals surface area contributed by atoms with Crippen molar-refractivity contribution in [3.63, 3.8) is 0 Å². The number of urea groups is 1. The van der Waals surface area contributed by atoms with Gasteiger partial charge in [0, 0.05) is 23.3 Å². The van der Waals surface area contributed by atoms with E-state index in [9.17, 15) is 14.0 Å². The molecule has 8 heteroatoms. The number of nitrogens with one attached hydrogen (secondary N) is 2. The highest BCUT2D eigenvalue weighted by Crippen LogP contribution is 2.21. The molecule has 2 aromatic carbocycles. The molecule has 3 aromatic rings. The Bertz CT molecular complexity index is 964. The lowest BCUT2D eigenvalue weighted by Gasteiger charge is -2.08. The first kappa shape index (κ1) is 15.3. The van der Waals surface area contributed by atoms with Crippen molar-refractivity contribution in [3.8, 4) is 0 Å². The highest BCUT2D eigenvalue weighted by atomic mass is 79.9. The number of carbonyl (C=O) groups is 1. The predicted octanol–water partition coefficient (Wildman–Crippen LogP) is 3.68. The van der Waals surface area contributed by atoms with Crippen LogP contribution in [0.3, 0.4) is 0 Å². The third kappa shape index (κ3) is 3.11. The lowest BCUT2D eigenvalue weighted by Crippen LogP contribution is -2.20. The van der Waals surface area contributed by atoms with E-state index in [1.165, 1.54) is 22.8 Å². The minimum absolute atomic E-state index is 0.0537. The summed E-state index contributed by atoms with van der Waals surface area (Å²) in [7, 11) is 1.59. The third-order valence-corrected chi connectivity index (χ3v) is 3.72. The number of oxazole rings is 1. The molecular formula is C15H11BrFN3O3. The van der Waals surface area contributed by atoms with Crippen LogP contribution in [0.4, 0.5) is 20.6 Å². The van der Waals surface area contributed by atoms with E-state index < -0.39 is 17.6 Å². The summed E-state index contributed by atoms with van der Waals surface area (Å²) in [5, 5.41) is 4.96. The van der Waals surface area contributed by atoms with Crippen molar-refractivity contribution in [1.82, 2.24) is 4.57 Å². The van der Waals surface area contributed by atoms with Crippen LogP contribution in [0.2, 0.25) is 0 Å². The van der Waals surface area contributed by atoms with E-state index in [2.05, 4.69) is 26.6 Å². The van der Waals surface area contributed by atoms with E-state index >= 15 is 0 Å². The second kappa shape index (κ2) is 5.88. The zero-order chi connectivity index (χ0) is 16.6. The van der Waals surface area contributed by atoms with Crippen molar-refractivity contribution >= 4 is 44.4 Å². The van der Waals surface area contributed by atoms with Gasteiger partial charge in [-0.05, 0) is 30.3 Å². The van der Waals surface area contributed by atoms with E-state index in [4.69, 9.17) is 4.42 Å². The first-order valence-electron chi connectivity index (χ1n) is 6.56. The molecule has 0 aliphatic carbocycles. The summed E-state index contributed by atoms with van der Waals surface area (Å²) >= 11 is 3.14. The first-order chi connectivity index (χ1) is 10.9. The second-order valence-corrected chi connectivity index (χ2v) is 5.73. The summed E-state index contributed by atoms with van der Waals surface area (Å²) in [5.74, 6) is -1.04. The molecule has 0 spiro atoms. The van der Waals surface area contributed by atoms with E-state index in [0.717, 1.165) is 0 Å². The average Bonchev–Trinajstić information content (AvgIpc) is 2.77. The van der Waals surface area contributed by atoms with Crippen molar-refractivity contribution in [2.45, 2.75) is 0 Å². The van der Waals surface area contributed by atoms with Gasteiger partial charge in [-0.25, -0.2) is 14.0 Å². The van der Waals surface area contributed by atoms with Crippen molar-refractivity contribution in [1.29, 1.82) is 0 Å². The minimum Gasteiger partial charge on any atom is -0.408 e. The van der Waals surface area contributed by atoms with Crippen LogP contribution < -0.4 is 16.4 Å². The van der Waals surface area contributed by atoms with Crippen LogP contribution in [0, 0.1) is 5.82 Å². The summed E-state index contributed by atoms with van der Waals surface area (Å²) in [6.45, 7) is 0. The summed E-state index contributed by atoms with van der Waals surface area (Å²) in [6.07, 6.45) is 0. The molecule has 0 saturated heterocycles. The Labute approximate surface area is 138 Å². The number of aryl methyl sites for hydroxylation is 1. The molecule has 0 fully saturated rings. The maximum Gasteiger partial charge on any atom is 0.419 e. The topological polar surface area (TPSA) is 76.3 Å². The van der Waals surface area contributed by atoms with Crippen LogP contribution in [0.25, 0.3) is 11.1 Å². The van der Waals surface area contributed by atoms with Crippen LogP contribution in [0.5, 0.6) is 0 Å². The number of hydrogen-bond acceptors (Lipinski definition) is 3. The Hall–Kier alpha value is -2.61. The zero-order valence-electron chi connectivity index (χ0n) is 11.9. The molecule has 0 bridgehead atoms. The highest BCUT2D eigenvalue weighted by molar-refractivity contribution is 9.10. The van der Waals surface area contributed by atoms with Gasteiger partial charge in [0.05, 0.1) is 11.2 Å². The van der Waals surface area contributed by atoms with Gasteiger partial charge in [-0.15, -0.1) is 0 Å². The normalized spacial score (nSPS) is 10.7. The smallest absolute Gasteiger partial charge is 0.408 e. The van der Waals surface area contributed by atoms with Gasteiger partial charge in [-0.1, -0.05) is 15.9 Å².